The highest BCUT2D eigenvalue weighted by molar-refractivity contribution is 5.92. The van der Waals surface area contributed by atoms with Crippen molar-refractivity contribution in [3.05, 3.63) is 30.1 Å². The van der Waals surface area contributed by atoms with E-state index in [1.54, 1.807) is 24.4 Å². The smallest absolute Gasteiger partial charge is 0.269 e. The number of carbonyl (C=O) groups excluding carboxylic acids is 1. The fraction of sp³-hybridized carbons (Fsp3) is 0.538. The standard InChI is InChI=1S/C13H21N3O/c1-13(2,6-8-14)7-10-16-12(17)11-5-3-4-9-15-11/h3-5,9H,6-8,10,14H2,1-2H3,(H,16,17). The van der Waals surface area contributed by atoms with Gasteiger partial charge in [0.15, 0.2) is 0 Å². The third-order valence-electron chi connectivity index (χ3n) is 2.81. The van der Waals surface area contributed by atoms with Crippen molar-refractivity contribution in [2.75, 3.05) is 13.1 Å². The van der Waals surface area contributed by atoms with Gasteiger partial charge in [0.1, 0.15) is 5.69 Å². The van der Waals surface area contributed by atoms with Crippen LogP contribution in [0.4, 0.5) is 0 Å². The second-order valence-electron chi connectivity index (χ2n) is 4.92. The van der Waals surface area contributed by atoms with Crippen molar-refractivity contribution in [3.8, 4) is 0 Å². The third-order valence-corrected chi connectivity index (χ3v) is 2.81. The predicted molar refractivity (Wildman–Crippen MR) is 68.6 cm³/mol. The van der Waals surface area contributed by atoms with Crippen LogP contribution in [0.3, 0.4) is 0 Å². The zero-order chi connectivity index (χ0) is 12.7. The molecule has 0 unspecified atom stereocenters. The zero-order valence-electron chi connectivity index (χ0n) is 10.6. The van der Waals surface area contributed by atoms with E-state index in [9.17, 15) is 4.79 Å². The van der Waals surface area contributed by atoms with Gasteiger partial charge in [0.05, 0.1) is 0 Å². The molecule has 0 fully saturated rings. The molecule has 4 nitrogen and oxygen atoms in total. The van der Waals surface area contributed by atoms with Gasteiger partial charge in [-0.25, -0.2) is 0 Å². The van der Waals surface area contributed by atoms with E-state index in [1.165, 1.54) is 0 Å². The Morgan fingerprint density at radius 2 is 2.18 bits per heavy atom. The number of nitrogens with zero attached hydrogens (tertiary/aromatic N) is 1. The van der Waals surface area contributed by atoms with Crippen LogP contribution in [0.1, 0.15) is 37.2 Å². The lowest BCUT2D eigenvalue weighted by Gasteiger charge is -2.23. The number of hydrogen-bond acceptors (Lipinski definition) is 3. The van der Waals surface area contributed by atoms with Gasteiger partial charge in [0, 0.05) is 12.7 Å². The molecule has 0 radical (unpaired) electrons. The number of carbonyl (C=O) groups is 1. The average molecular weight is 235 g/mol. The quantitative estimate of drug-likeness (QED) is 0.786. The van der Waals surface area contributed by atoms with Gasteiger partial charge in [-0.1, -0.05) is 19.9 Å². The normalized spacial score (nSPS) is 11.2. The number of aromatic nitrogens is 1. The van der Waals surface area contributed by atoms with Crippen LogP contribution < -0.4 is 11.1 Å². The lowest BCUT2D eigenvalue weighted by atomic mass is 9.86. The summed E-state index contributed by atoms with van der Waals surface area (Å²) in [4.78, 5) is 15.7. The Kier molecular flexibility index (Phi) is 5.10. The van der Waals surface area contributed by atoms with Crippen LogP contribution in [0.15, 0.2) is 24.4 Å². The average Bonchev–Trinajstić information content (AvgIpc) is 2.29. The molecule has 94 valence electrons. The summed E-state index contributed by atoms with van der Waals surface area (Å²) in [5, 5.41) is 2.87. The SMILES string of the molecule is CC(C)(CCN)CCNC(=O)c1ccccn1. The number of amides is 1. The summed E-state index contributed by atoms with van der Waals surface area (Å²) in [5.41, 5.74) is 6.17. The maximum absolute atomic E-state index is 11.7. The van der Waals surface area contributed by atoms with Crippen LogP contribution in [-0.2, 0) is 0 Å². The molecule has 0 aliphatic heterocycles. The first kappa shape index (κ1) is 13.6. The predicted octanol–water partition coefficient (Wildman–Crippen LogP) is 1.58. The largest absolute Gasteiger partial charge is 0.351 e. The molecule has 1 aromatic rings. The first-order chi connectivity index (χ1) is 8.05. The van der Waals surface area contributed by atoms with Gasteiger partial charge in [-0.2, -0.15) is 0 Å². The van der Waals surface area contributed by atoms with E-state index in [0.29, 0.717) is 18.8 Å². The van der Waals surface area contributed by atoms with Crippen LogP contribution in [0.2, 0.25) is 0 Å². The maximum Gasteiger partial charge on any atom is 0.269 e. The monoisotopic (exact) mass is 235 g/mol. The van der Waals surface area contributed by atoms with Gasteiger partial charge in [-0.15, -0.1) is 0 Å². The van der Waals surface area contributed by atoms with Crippen molar-refractivity contribution in [2.24, 2.45) is 11.1 Å². The highest BCUT2D eigenvalue weighted by Gasteiger charge is 2.16. The highest BCUT2D eigenvalue weighted by Crippen LogP contribution is 2.23. The molecule has 17 heavy (non-hydrogen) atoms. The minimum absolute atomic E-state index is 0.117. The lowest BCUT2D eigenvalue weighted by molar-refractivity contribution is 0.0943. The van der Waals surface area contributed by atoms with Crippen LogP contribution >= 0.6 is 0 Å². The van der Waals surface area contributed by atoms with E-state index in [0.717, 1.165) is 12.8 Å². The Labute approximate surface area is 103 Å². The molecule has 3 N–H and O–H groups in total. The van der Waals surface area contributed by atoms with Gasteiger partial charge >= 0.3 is 0 Å². The van der Waals surface area contributed by atoms with Crippen molar-refractivity contribution in [1.82, 2.24) is 10.3 Å². The zero-order valence-corrected chi connectivity index (χ0v) is 10.6. The van der Waals surface area contributed by atoms with E-state index < -0.39 is 0 Å². The fourth-order valence-corrected chi connectivity index (χ4v) is 1.62. The van der Waals surface area contributed by atoms with Gasteiger partial charge < -0.3 is 11.1 Å². The molecule has 1 amide bonds. The van der Waals surface area contributed by atoms with Crippen molar-refractivity contribution in [2.45, 2.75) is 26.7 Å². The molecule has 1 rings (SSSR count). The minimum atomic E-state index is -0.117. The fourth-order valence-electron chi connectivity index (χ4n) is 1.62. The Morgan fingerprint density at radius 1 is 1.41 bits per heavy atom. The first-order valence-corrected chi connectivity index (χ1v) is 5.94. The minimum Gasteiger partial charge on any atom is -0.351 e. The summed E-state index contributed by atoms with van der Waals surface area (Å²) in [6.07, 6.45) is 3.50. The highest BCUT2D eigenvalue weighted by atomic mass is 16.1. The van der Waals surface area contributed by atoms with Crippen molar-refractivity contribution in [1.29, 1.82) is 0 Å². The van der Waals surface area contributed by atoms with Crippen LogP contribution in [0.25, 0.3) is 0 Å². The number of pyridine rings is 1. The molecule has 0 aliphatic rings. The van der Waals surface area contributed by atoms with Crippen LogP contribution in [0, 0.1) is 5.41 Å². The number of nitrogens with two attached hydrogens (primary N) is 1. The number of nitrogens with one attached hydrogen (secondary N) is 1. The van der Waals surface area contributed by atoms with E-state index in [2.05, 4.69) is 24.1 Å². The Hall–Kier alpha value is -1.42. The van der Waals surface area contributed by atoms with E-state index in [-0.39, 0.29) is 11.3 Å². The molecule has 1 heterocycles. The Bertz CT molecular complexity index is 349. The summed E-state index contributed by atoms with van der Waals surface area (Å²) in [7, 11) is 0. The second-order valence-corrected chi connectivity index (χ2v) is 4.92. The summed E-state index contributed by atoms with van der Waals surface area (Å²) in [6, 6.07) is 5.31. The molecule has 0 bridgehead atoms. The van der Waals surface area contributed by atoms with Gasteiger partial charge in [-0.05, 0) is 36.9 Å². The number of rotatable bonds is 6. The molecule has 0 spiro atoms. The van der Waals surface area contributed by atoms with Crippen molar-refractivity contribution >= 4 is 5.91 Å². The van der Waals surface area contributed by atoms with E-state index >= 15 is 0 Å². The van der Waals surface area contributed by atoms with Crippen LogP contribution in [0.5, 0.6) is 0 Å². The summed E-state index contributed by atoms with van der Waals surface area (Å²) in [5.74, 6) is -0.117. The molecule has 0 saturated carbocycles. The summed E-state index contributed by atoms with van der Waals surface area (Å²) in [6.45, 7) is 5.66. The van der Waals surface area contributed by atoms with Gasteiger partial charge in [0.25, 0.3) is 5.91 Å². The summed E-state index contributed by atoms with van der Waals surface area (Å²) >= 11 is 0. The van der Waals surface area contributed by atoms with E-state index in [1.807, 2.05) is 0 Å². The molecular formula is C13H21N3O. The molecule has 4 heteroatoms. The van der Waals surface area contributed by atoms with Crippen molar-refractivity contribution in [3.63, 3.8) is 0 Å². The first-order valence-electron chi connectivity index (χ1n) is 5.94. The van der Waals surface area contributed by atoms with E-state index in [4.69, 9.17) is 5.73 Å². The number of hydrogen-bond donors (Lipinski definition) is 2. The summed E-state index contributed by atoms with van der Waals surface area (Å²) < 4.78 is 0. The molecule has 0 aliphatic carbocycles. The van der Waals surface area contributed by atoms with Crippen molar-refractivity contribution < 1.29 is 4.79 Å². The Morgan fingerprint density at radius 3 is 2.76 bits per heavy atom. The van der Waals surface area contributed by atoms with Crippen LogP contribution in [-0.4, -0.2) is 24.0 Å². The third kappa shape index (κ3) is 4.95. The molecular weight excluding hydrogens is 214 g/mol. The molecule has 0 saturated heterocycles. The maximum atomic E-state index is 11.7. The van der Waals surface area contributed by atoms with Gasteiger partial charge in [0.2, 0.25) is 0 Å². The second kappa shape index (κ2) is 6.35. The Balaban J connectivity index is 2.35. The van der Waals surface area contributed by atoms with Gasteiger partial charge in [-0.3, -0.25) is 9.78 Å². The molecule has 1 aromatic heterocycles. The lowest BCUT2D eigenvalue weighted by Crippen LogP contribution is -2.29. The molecule has 0 aromatic carbocycles. The topological polar surface area (TPSA) is 68.0 Å². The molecule has 0 atom stereocenters.